The average molecular weight is 258 g/mol. The summed E-state index contributed by atoms with van der Waals surface area (Å²) >= 11 is 0. The zero-order valence-electron chi connectivity index (χ0n) is 11.5. The van der Waals surface area contributed by atoms with Crippen molar-refractivity contribution in [2.75, 3.05) is 6.54 Å². The second-order valence-corrected chi connectivity index (χ2v) is 4.52. The third-order valence-corrected chi connectivity index (χ3v) is 3.24. The van der Waals surface area contributed by atoms with Gasteiger partial charge in [-0.3, -0.25) is 4.79 Å². The van der Waals surface area contributed by atoms with E-state index in [0.717, 1.165) is 11.1 Å². The zero-order chi connectivity index (χ0) is 13.8. The van der Waals surface area contributed by atoms with E-state index >= 15 is 0 Å². The lowest BCUT2D eigenvalue weighted by Gasteiger charge is -2.20. The molecule has 19 heavy (non-hydrogen) atoms. The maximum Gasteiger partial charge on any atom is 0.276 e. The van der Waals surface area contributed by atoms with Crippen LogP contribution < -0.4 is 0 Å². The van der Waals surface area contributed by atoms with Crippen LogP contribution >= 0.6 is 0 Å². The molecule has 0 spiro atoms. The molecule has 1 amide bonds. The van der Waals surface area contributed by atoms with E-state index in [4.69, 9.17) is 4.52 Å². The first-order chi connectivity index (χ1) is 9.13. The highest BCUT2D eigenvalue weighted by Crippen LogP contribution is 2.15. The van der Waals surface area contributed by atoms with Crippen LogP contribution in [0.25, 0.3) is 0 Å². The lowest BCUT2D eigenvalue weighted by Crippen LogP contribution is -2.31. The Morgan fingerprint density at radius 2 is 1.95 bits per heavy atom. The van der Waals surface area contributed by atoms with Crippen LogP contribution in [0, 0.1) is 13.8 Å². The Bertz CT molecular complexity index is 561. The Morgan fingerprint density at radius 1 is 1.26 bits per heavy atom. The van der Waals surface area contributed by atoms with Gasteiger partial charge >= 0.3 is 0 Å². The van der Waals surface area contributed by atoms with Crippen molar-refractivity contribution >= 4 is 5.91 Å². The summed E-state index contributed by atoms with van der Waals surface area (Å²) in [5, 5.41) is 3.86. The first-order valence-electron chi connectivity index (χ1n) is 6.39. The van der Waals surface area contributed by atoms with Crippen molar-refractivity contribution in [3.05, 3.63) is 52.9 Å². The van der Waals surface area contributed by atoms with E-state index < -0.39 is 0 Å². The molecule has 1 aromatic heterocycles. The van der Waals surface area contributed by atoms with E-state index in [1.165, 1.54) is 0 Å². The quantitative estimate of drug-likeness (QED) is 0.847. The van der Waals surface area contributed by atoms with Crippen LogP contribution in [0.5, 0.6) is 0 Å². The van der Waals surface area contributed by atoms with E-state index in [-0.39, 0.29) is 5.91 Å². The number of aryl methyl sites for hydroxylation is 1. The number of carbonyl (C=O) groups excluding carboxylic acids is 1. The van der Waals surface area contributed by atoms with Crippen LogP contribution in [0.4, 0.5) is 0 Å². The molecule has 0 atom stereocenters. The fourth-order valence-corrected chi connectivity index (χ4v) is 1.90. The van der Waals surface area contributed by atoms with Crippen LogP contribution in [0.1, 0.15) is 34.3 Å². The summed E-state index contributed by atoms with van der Waals surface area (Å²) in [7, 11) is 0. The number of rotatable bonds is 4. The molecule has 0 saturated heterocycles. The number of nitrogens with zero attached hydrogens (tertiary/aromatic N) is 2. The number of benzene rings is 1. The predicted octanol–water partition coefficient (Wildman–Crippen LogP) is 2.95. The molecule has 0 aliphatic carbocycles. The number of hydrogen-bond donors (Lipinski definition) is 0. The first kappa shape index (κ1) is 13.3. The Kier molecular flexibility index (Phi) is 4.00. The van der Waals surface area contributed by atoms with Gasteiger partial charge in [0.25, 0.3) is 5.91 Å². The number of aromatic nitrogens is 1. The summed E-state index contributed by atoms with van der Waals surface area (Å²) in [5.41, 5.74) is 2.34. The monoisotopic (exact) mass is 258 g/mol. The number of carbonyl (C=O) groups is 1. The minimum absolute atomic E-state index is 0.0827. The van der Waals surface area contributed by atoms with E-state index in [0.29, 0.717) is 24.5 Å². The summed E-state index contributed by atoms with van der Waals surface area (Å²) in [6.45, 7) is 6.85. The van der Waals surface area contributed by atoms with Crippen molar-refractivity contribution in [2.24, 2.45) is 0 Å². The van der Waals surface area contributed by atoms with Crippen molar-refractivity contribution in [3.8, 4) is 0 Å². The molecule has 0 bridgehead atoms. The van der Waals surface area contributed by atoms with Crippen LogP contribution in [-0.2, 0) is 6.54 Å². The Labute approximate surface area is 113 Å². The van der Waals surface area contributed by atoms with E-state index in [1.54, 1.807) is 4.90 Å². The topological polar surface area (TPSA) is 46.3 Å². The third kappa shape index (κ3) is 2.84. The van der Waals surface area contributed by atoms with Gasteiger partial charge in [-0.25, -0.2) is 0 Å². The summed E-state index contributed by atoms with van der Waals surface area (Å²) in [6.07, 6.45) is 0. The molecule has 1 aromatic carbocycles. The maximum absolute atomic E-state index is 12.4. The second-order valence-electron chi connectivity index (χ2n) is 4.52. The molecular formula is C15H18N2O2. The van der Waals surface area contributed by atoms with Gasteiger partial charge in [0.2, 0.25) is 0 Å². The second kappa shape index (κ2) is 5.69. The molecule has 0 N–H and O–H groups in total. The molecule has 0 radical (unpaired) electrons. The average Bonchev–Trinajstić information content (AvgIpc) is 2.77. The Hall–Kier alpha value is -2.10. The molecular weight excluding hydrogens is 240 g/mol. The molecule has 2 rings (SSSR count). The van der Waals surface area contributed by atoms with Gasteiger partial charge in [0.05, 0.1) is 0 Å². The standard InChI is InChI=1S/C15H18N2O2/c1-4-17(10-13-8-6-5-7-9-13)15(18)14-11(2)12(3)19-16-14/h5-9H,4,10H2,1-3H3. The van der Waals surface area contributed by atoms with Crippen LogP contribution in [-0.4, -0.2) is 22.5 Å². The summed E-state index contributed by atoms with van der Waals surface area (Å²) < 4.78 is 5.06. The van der Waals surface area contributed by atoms with Gasteiger partial charge in [0.15, 0.2) is 5.69 Å². The van der Waals surface area contributed by atoms with Gasteiger partial charge in [-0.2, -0.15) is 0 Å². The molecule has 0 aliphatic rings. The molecule has 4 heteroatoms. The number of hydrogen-bond acceptors (Lipinski definition) is 3. The lowest BCUT2D eigenvalue weighted by molar-refractivity contribution is 0.0741. The SMILES string of the molecule is CCN(Cc1ccccc1)C(=O)c1noc(C)c1C. The Morgan fingerprint density at radius 3 is 2.47 bits per heavy atom. The van der Waals surface area contributed by atoms with Gasteiger partial charge in [0, 0.05) is 18.7 Å². The largest absolute Gasteiger partial charge is 0.361 e. The molecule has 2 aromatic rings. The highest BCUT2D eigenvalue weighted by molar-refractivity contribution is 5.93. The first-order valence-corrected chi connectivity index (χ1v) is 6.39. The zero-order valence-corrected chi connectivity index (χ0v) is 11.5. The molecule has 1 heterocycles. The van der Waals surface area contributed by atoms with E-state index in [1.807, 2.05) is 51.1 Å². The van der Waals surface area contributed by atoms with Crippen molar-refractivity contribution in [3.63, 3.8) is 0 Å². The smallest absolute Gasteiger partial charge is 0.276 e. The van der Waals surface area contributed by atoms with E-state index in [9.17, 15) is 4.79 Å². The highest BCUT2D eigenvalue weighted by Gasteiger charge is 2.21. The molecule has 0 saturated carbocycles. The fraction of sp³-hybridized carbons (Fsp3) is 0.333. The molecule has 4 nitrogen and oxygen atoms in total. The van der Waals surface area contributed by atoms with Crippen LogP contribution in [0.3, 0.4) is 0 Å². The van der Waals surface area contributed by atoms with Crippen LogP contribution in [0.2, 0.25) is 0 Å². The number of amides is 1. The van der Waals surface area contributed by atoms with Crippen molar-refractivity contribution in [2.45, 2.75) is 27.3 Å². The fourth-order valence-electron chi connectivity index (χ4n) is 1.90. The minimum Gasteiger partial charge on any atom is -0.361 e. The van der Waals surface area contributed by atoms with Crippen LogP contribution in [0.15, 0.2) is 34.9 Å². The van der Waals surface area contributed by atoms with Crippen molar-refractivity contribution in [1.29, 1.82) is 0 Å². The summed E-state index contributed by atoms with van der Waals surface area (Å²) in [6, 6.07) is 9.93. The van der Waals surface area contributed by atoms with Gasteiger partial charge in [-0.15, -0.1) is 0 Å². The molecule has 100 valence electrons. The third-order valence-electron chi connectivity index (χ3n) is 3.24. The van der Waals surface area contributed by atoms with Gasteiger partial charge in [0.1, 0.15) is 5.76 Å². The summed E-state index contributed by atoms with van der Waals surface area (Å²) in [5.74, 6) is 0.611. The predicted molar refractivity (Wildman–Crippen MR) is 72.8 cm³/mol. The minimum atomic E-state index is -0.0827. The molecule has 0 fully saturated rings. The summed E-state index contributed by atoms with van der Waals surface area (Å²) in [4.78, 5) is 14.2. The van der Waals surface area contributed by atoms with E-state index in [2.05, 4.69) is 5.16 Å². The maximum atomic E-state index is 12.4. The lowest BCUT2D eigenvalue weighted by atomic mass is 10.1. The highest BCUT2D eigenvalue weighted by atomic mass is 16.5. The molecule has 0 unspecified atom stereocenters. The van der Waals surface area contributed by atoms with Gasteiger partial charge in [-0.05, 0) is 26.3 Å². The Balaban J connectivity index is 2.18. The van der Waals surface area contributed by atoms with Crippen molar-refractivity contribution < 1.29 is 9.32 Å². The van der Waals surface area contributed by atoms with Gasteiger partial charge < -0.3 is 9.42 Å². The normalized spacial score (nSPS) is 10.5. The molecule has 0 aliphatic heterocycles. The van der Waals surface area contributed by atoms with Crippen molar-refractivity contribution in [1.82, 2.24) is 10.1 Å². The van der Waals surface area contributed by atoms with Gasteiger partial charge in [-0.1, -0.05) is 35.5 Å².